The molecule has 2 heteroatoms. The van der Waals surface area contributed by atoms with Crippen molar-refractivity contribution in [2.75, 3.05) is 0 Å². The zero-order valence-corrected chi connectivity index (χ0v) is 13.8. The summed E-state index contributed by atoms with van der Waals surface area (Å²) in [6.45, 7) is 4.25. The Hall–Kier alpha value is -1.31. The van der Waals surface area contributed by atoms with Crippen LogP contribution in [0.25, 0.3) is 0 Å². The van der Waals surface area contributed by atoms with Gasteiger partial charge in [-0.1, -0.05) is 69.9 Å². The van der Waals surface area contributed by atoms with Crippen LogP contribution in [0.3, 0.4) is 0 Å². The molecule has 2 nitrogen and oxygen atoms in total. The Labute approximate surface area is 130 Å². The Morgan fingerprint density at radius 3 is 2.14 bits per heavy atom. The minimum Gasteiger partial charge on any atom is -0.507 e. The second kappa shape index (κ2) is 10.4. The quantitative estimate of drug-likeness (QED) is 0.381. The molecule has 0 heterocycles. The average molecular weight is 289 g/mol. The Balaban J connectivity index is 2.12. The van der Waals surface area contributed by atoms with Crippen LogP contribution in [0.15, 0.2) is 18.2 Å². The van der Waals surface area contributed by atoms with Crippen LogP contribution in [0.1, 0.15) is 82.3 Å². The highest BCUT2D eigenvalue weighted by Crippen LogP contribution is 2.21. The Morgan fingerprint density at radius 1 is 0.952 bits per heavy atom. The average Bonchev–Trinajstić information content (AvgIpc) is 2.48. The van der Waals surface area contributed by atoms with Crippen molar-refractivity contribution in [1.82, 2.24) is 0 Å². The fourth-order valence-corrected chi connectivity index (χ4v) is 2.64. The number of aryl methyl sites for hydroxylation is 1. The smallest absolute Gasteiger partial charge is 0.124 e. The van der Waals surface area contributed by atoms with E-state index >= 15 is 0 Å². The van der Waals surface area contributed by atoms with Gasteiger partial charge in [0, 0.05) is 11.3 Å². The maximum absolute atomic E-state index is 9.81. The predicted molar refractivity (Wildman–Crippen MR) is 91.5 cm³/mol. The van der Waals surface area contributed by atoms with E-state index in [0.29, 0.717) is 11.3 Å². The van der Waals surface area contributed by atoms with Crippen molar-refractivity contribution in [1.29, 1.82) is 5.41 Å². The van der Waals surface area contributed by atoms with Crippen molar-refractivity contribution in [2.45, 2.75) is 78.1 Å². The fourth-order valence-electron chi connectivity index (χ4n) is 2.64. The minimum atomic E-state index is 0.238. The summed E-state index contributed by atoms with van der Waals surface area (Å²) in [7, 11) is 0. The van der Waals surface area contributed by atoms with E-state index in [1.165, 1.54) is 51.4 Å². The van der Waals surface area contributed by atoms with Crippen LogP contribution in [-0.2, 0) is 0 Å². The third kappa shape index (κ3) is 7.31. The van der Waals surface area contributed by atoms with Gasteiger partial charge in [0.25, 0.3) is 0 Å². The summed E-state index contributed by atoms with van der Waals surface area (Å²) < 4.78 is 0. The molecule has 21 heavy (non-hydrogen) atoms. The van der Waals surface area contributed by atoms with Crippen LogP contribution >= 0.6 is 0 Å². The highest BCUT2D eigenvalue weighted by Gasteiger charge is 2.07. The number of rotatable bonds is 11. The molecule has 0 spiro atoms. The zero-order valence-electron chi connectivity index (χ0n) is 13.8. The van der Waals surface area contributed by atoms with Crippen molar-refractivity contribution in [2.24, 2.45) is 0 Å². The van der Waals surface area contributed by atoms with Crippen LogP contribution in [0.4, 0.5) is 0 Å². The monoisotopic (exact) mass is 289 g/mol. The normalized spacial score (nSPS) is 10.8. The largest absolute Gasteiger partial charge is 0.507 e. The van der Waals surface area contributed by atoms with Crippen molar-refractivity contribution in [3.8, 4) is 5.75 Å². The van der Waals surface area contributed by atoms with Gasteiger partial charge in [-0.05, 0) is 31.9 Å². The van der Waals surface area contributed by atoms with Crippen LogP contribution in [0.2, 0.25) is 0 Å². The van der Waals surface area contributed by atoms with Crippen molar-refractivity contribution < 1.29 is 5.11 Å². The van der Waals surface area contributed by atoms with Gasteiger partial charge in [0.15, 0.2) is 0 Å². The molecule has 0 aromatic heterocycles. The predicted octanol–water partition coefficient (Wildman–Crippen LogP) is 5.99. The second-order valence-corrected chi connectivity index (χ2v) is 6.08. The van der Waals surface area contributed by atoms with E-state index in [4.69, 9.17) is 5.41 Å². The number of phenols is 1. The summed E-state index contributed by atoms with van der Waals surface area (Å²) in [4.78, 5) is 0. The molecule has 0 saturated heterocycles. The molecule has 0 bridgehead atoms. The van der Waals surface area contributed by atoms with E-state index in [2.05, 4.69) is 6.92 Å². The summed E-state index contributed by atoms with van der Waals surface area (Å²) in [5, 5.41) is 17.9. The number of phenolic OH excluding ortho intramolecular Hbond substituents is 1. The number of aromatic hydroxyl groups is 1. The lowest BCUT2D eigenvalue weighted by molar-refractivity contribution is 0.473. The number of benzene rings is 1. The van der Waals surface area contributed by atoms with Gasteiger partial charge in [-0.25, -0.2) is 0 Å². The van der Waals surface area contributed by atoms with E-state index in [1.807, 2.05) is 19.1 Å². The van der Waals surface area contributed by atoms with Gasteiger partial charge < -0.3 is 10.5 Å². The van der Waals surface area contributed by atoms with Gasteiger partial charge in [-0.2, -0.15) is 0 Å². The number of nitrogens with one attached hydrogen (secondary N) is 1. The summed E-state index contributed by atoms with van der Waals surface area (Å²) in [5.41, 5.74) is 2.37. The van der Waals surface area contributed by atoms with Crippen LogP contribution in [0.5, 0.6) is 5.75 Å². The van der Waals surface area contributed by atoms with Crippen molar-refractivity contribution in [3.63, 3.8) is 0 Å². The van der Waals surface area contributed by atoms with E-state index in [0.717, 1.165) is 18.4 Å². The van der Waals surface area contributed by atoms with E-state index < -0.39 is 0 Å². The molecule has 1 aromatic carbocycles. The number of hydrogen-bond donors (Lipinski definition) is 2. The fraction of sp³-hybridized carbons (Fsp3) is 0.632. The highest BCUT2D eigenvalue weighted by molar-refractivity contribution is 6.00. The SMILES string of the molecule is CCCCCCCCCCCC(=N)c1cc(C)ccc1O. The molecule has 1 rings (SSSR count). The summed E-state index contributed by atoms with van der Waals surface area (Å²) in [6, 6.07) is 5.48. The lowest BCUT2D eigenvalue weighted by atomic mass is 10.00. The molecule has 0 saturated carbocycles. The summed E-state index contributed by atoms with van der Waals surface area (Å²) in [5.74, 6) is 0.238. The van der Waals surface area contributed by atoms with Crippen molar-refractivity contribution in [3.05, 3.63) is 29.3 Å². The molecule has 0 radical (unpaired) electrons. The Kier molecular flexibility index (Phi) is 8.80. The zero-order chi connectivity index (χ0) is 15.5. The summed E-state index contributed by atoms with van der Waals surface area (Å²) in [6.07, 6.45) is 12.4. The molecule has 0 atom stereocenters. The number of unbranched alkanes of at least 4 members (excludes halogenated alkanes) is 8. The Bertz CT molecular complexity index is 426. The van der Waals surface area contributed by atoms with Crippen molar-refractivity contribution >= 4 is 5.71 Å². The van der Waals surface area contributed by atoms with Gasteiger partial charge in [0.05, 0.1) is 0 Å². The minimum absolute atomic E-state index is 0.238. The van der Waals surface area contributed by atoms with Gasteiger partial charge in [0.1, 0.15) is 5.75 Å². The topological polar surface area (TPSA) is 44.1 Å². The maximum atomic E-state index is 9.81. The third-order valence-electron chi connectivity index (χ3n) is 4.01. The molecule has 118 valence electrons. The van der Waals surface area contributed by atoms with Crippen LogP contribution < -0.4 is 0 Å². The molecule has 0 unspecified atom stereocenters. The lowest BCUT2D eigenvalue weighted by Crippen LogP contribution is -2.00. The van der Waals surface area contributed by atoms with Gasteiger partial charge in [-0.15, -0.1) is 0 Å². The molecule has 0 aliphatic heterocycles. The molecule has 0 fully saturated rings. The standard InChI is InChI=1S/C19H31NO/c1-3-4-5-6-7-8-9-10-11-12-18(20)17-15-16(2)13-14-19(17)21/h13-15,20-21H,3-12H2,1-2H3. The van der Waals surface area contributed by atoms with E-state index in [9.17, 15) is 5.11 Å². The van der Waals surface area contributed by atoms with Gasteiger partial charge in [0.2, 0.25) is 0 Å². The van der Waals surface area contributed by atoms with Crippen LogP contribution in [-0.4, -0.2) is 10.8 Å². The molecule has 0 aliphatic carbocycles. The highest BCUT2D eigenvalue weighted by atomic mass is 16.3. The molecule has 0 amide bonds. The first kappa shape index (κ1) is 17.7. The number of hydrogen-bond acceptors (Lipinski definition) is 2. The van der Waals surface area contributed by atoms with E-state index in [1.54, 1.807) is 6.07 Å². The second-order valence-electron chi connectivity index (χ2n) is 6.08. The third-order valence-corrected chi connectivity index (χ3v) is 4.01. The van der Waals surface area contributed by atoms with E-state index in [-0.39, 0.29) is 5.75 Å². The lowest BCUT2D eigenvalue weighted by Gasteiger charge is -2.08. The summed E-state index contributed by atoms with van der Waals surface area (Å²) >= 11 is 0. The molecule has 0 aliphatic rings. The molecular formula is C19H31NO. The first-order chi connectivity index (χ1) is 10.1. The van der Waals surface area contributed by atoms with Gasteiger partial charge >= 0.3 is 0 Å². The Morgan fingerprint density at radius 2 is 1.52 bits per heavy atom. The molecule has 2 N–H and O–H groups in total. The maximum Gasteiger partial charge on any atom is 0.124 e. The van der Waals surface area contributed by atoms with Gasteiger partial charge in [-0.3, -0.25) is 0 Å². The first-order valence-corrected chi connectivity index (χ1v) is 8.52. The molecular weight excluding hydrogens is 258 g/mol. The molecule has 1 aromatic rings. The van der Waals surface area contributed by atoms with Crippen LogP contribution in [0, 0.1) is 12.3 Å². The first-order valence-electron chi connectivity index (χ1n) is 8.52.